The van der Waals surface area contributed by atoms with Gasteiger partial charge >= 0.3 is 0 Å². The monoisotopic (exact) mass is 551 g/mol. The summed E-state index contributed by atoms with van der Waals surface area (Å²) in [5, 5.41) is 0.988. The van der Waals surface area contributed by atoms with Gasteiger partial charge in [-0.3, -0.25) is 9.97 Å². The van der Waals surface area contributed by atoms with Gasteiger partial charge in [0, 0.05) is 25.5 Å². The summed E-state index contributed by atoms with van der Waals surface area (Å²) in [6.45, 7) is 17.6. The molecule has 149 valence electrons. The van der Waals surface area contributed by atoms with Crippen molar-refractivity contribution in [2.75, 3.05) is 0 Å². The average molecular weight is 551 g/mol. The van der Waals surface area contributed by atoms with Gasteiger partial charge in [0.05, 0.1) is 16.7 Å². The Balaban J connectivity index is 0.00000225. The molecule has 2 heterocycles. The molecule has 0 aliphatic heterocycles. The van der Waals surface area contributed by atoms with E-state index < -0.39 is 0 Å². The zero-order valence-electron chi connectivity index (χ0n) is 18.0. The molecule has 0 bridgehead atoms. The fraction of sp³-hybridized carbons (Fsp3) is 0.417. The van der Waals surface area contributed by atoms with Crippen LogP contribution in [0.4, 0.5) is 0 Å². The molecule has 4 rings (SSSR count). The topological polar surface area (TPSA) is 30.2 Å². The predicted molar refractivity (Wildman–Crippen MR) is 114 cm³/mol. The van der Waals surface area contributed by atoms with E-state index in [0.29, 0.717) is 0 Å². The minimum Gasteiger partial charge on any atom is -0.321 e. The van der Waals surface area contributed by atoms with E-state index in [1.165, 1.54) is 16.7 Å². The zero-order chi connectivity index (χ0) is 19.7. The maximum atomic E-state index is 5.11. The van der Waals surface area contributed by atoms with Crippen molar-refractivity contribution in [3.8, 4) is 0 Å². The van der Waals surface area contributed by atoms with Gasteiger partial charge in [0.15, 0.2) is 0 Å². The first-order valence-corrected chi connectivity index (χ1v) is 9.62. The molecule has 0 N–H and O–H groups in total. The van der Waals surface area contributed by atoms with Gasteiger partial charge in [0.2, 0.25) is 0 Å². The van der Waals surface area contributed by atoms with E-state index in [-0.39, 0.29) is 30.9 Å². The van der Waals surface area contributed by atoms with Crippen LogP contribution in [0.15, 0.2) is 24.3 Å². The molecule has 2 aromatic carbocycles. The van der Waals surface area contributed by atoms with Gasteiger partial charge in [-0.2, -0.15) is 0 Å². The zero-order valence-corrected chi connectivity index (χ0v) is 20.4. The standard InChI is InChI=1S/C24H28N3.Ir/c1-14-11-19-20(12-15(14)2)27-21(25-19)17-10-9-16(23(3,4)5)13-18(17)26-22(27)24(6,7)8;/h9,11-13H,1-8H3;/q-1;. The fourth-order valence-corrected chi connectivity index (χ4v) is 3.57. The van der Waals surface area contributed by atoms with Crippen LogP contribution < -0.4 is 0 Å². The van der Waals surface area contributed by atoms with Gasteiger partial charge in [0.1, 0.15) is 5.82 Å². The van der Waals surface area contributed by atoms with Crippen LogP contribution in [-0.2, 0) is 30.9 Å². The summed E-state index contributed by atoms with van der Waals surface area (Å²) in [6, 6.07) is 12.2. The number of aryl methyl sites for hydroxylation is 2. The number of nitrogens with zero attached hydrogens (tertiary/aromatic N) is 3. The van der Waals surface area contributed by atoms with Crippen LogP contribution in [0.25, 0.3) is 27.6 Å². The quantitative estimate of drug-likeness (QED) is 0.250. The van der Waals surface area contributed by atoms with E-state index in [1.54, 1.807) is 0 Å². The van der Waals surface area contributed by atoms with Gasteiger partial charge in [-0.25, -0.2) is 0 Å². The average Bonchev–Trinajstić information content (AvgIpc) is 2.90. The Morgan fingerprint density at radius 3 is 2.07 bits per heavy atom. The number of fused-ring (bicyclic) bond motifs is 5. The normalized spacial score (nSPS) is 12.7. The van der Waals surface area contributed by atoms with Crippen LogP contribution in [-0.4, -0.2) is 14.4 Å². The van der Waals surface area contributed by atoms with E-state index >= 15 is 0 Å². The minimum absolute atomic E-state index is 0. The number of benzene rings is 2. The fourth-order valence-electron chi connectivity index (χ4n) is 3.57. The molecule has 0 aliphatic carbocycles. The first kappa shape index (κ1) is 21.0. The molecule has 0 aliphatic rings. The van der Waals surface area contributed by atoms with Crippen molar-refractivity contribution in [1.82, 2.24) is 14.4 Å². The Morgan fingerprint density at radius 2 is 1.46 bits per heavy atom. The Bertz CT molecular complexity index is 1200. The molecule has 28 heavy (non-hydrogen) atoms. The number of hydrogen-bond acceptors (Lipinski definition) is 2. The van der Waals surface area contributed by atoms with Crippen molar-refractivity contribution >= 4 is 27.6 Å². The second kappa shape index (κ2) is 6.64. The van der Waals surface area contributed by atoms with Gasteiger partial charge < -0.3 is 4.40 Å². The smallest absolute Gasteiger partial charge is 0.102 e. The van der Waals surface area contributed by atoms with Crippen LogP contribution in [0.5, 0.6) is 0 Å². The van der Waals surface area contributed by atoms with Crippen molar-refractivity contribution in [3.05, 3.63) is 52.8 Å². The summed E-state index contributed by atoms with van der Waals surface area (Å²) in [6.07, 6.45) is 0. The molecule has 0 saturated carbocycles. The first-order chi connectivity index (χ1) is 12.5. The molecule has 0 amide bonds. The SMILES string of the molecule is Cc1cc2nc3c4[c-]cc(C(C)(C)C)cc4nc(C(C)(C)C)n3c2cc1C.[Ir]. The van der Waals surface area contributed by atoms with Gasteiger partial charge in [-0.1, -0.05) is 46.9 Å². The minimum atomic E-state index is -0.101. The van der Waals surface area contributed by atoms with Crippen molar-refractivity contribution in [2.24, 2.45) is 0 Å². The summed E-state index contributed by atoms with van der Waals surface area (Å²) in [7, 11) is 0. The third-order valence-corrected chi connectivity index (χ3v) is 5.39. The molecular formula is C24H28IrN3-. The summed E-state index contributed by atoms with van der Waals surface area (Å²) in [5.74, 6) is 1.04. The Morgan fingerprint density at radius 1 is 0.821 bits per heavy atom. The second-order valence-corrected chi connectivity index (χ2v) is 9.78. The Hall–Kier alpha value is -1.77. The third-order valence-electron chi connectivity index (χ3n) is 5.39. The van der Waals surface area contributed by atoms with Crippen molar-refractivity contribution < 1.29 is 20.1 Å². The molecule has 4 aromatic rings. The third kappa shape index (κ3) is 3.27. The second-order valence-electron chi connectivity index (χ2n) is 9.78. The molecule has 0 unspecified atom stereocenters. The molecule has 0 spiro atoms. The van der Waals surface area contributed by atoms with Gasteiger partial charge in [-0.15, -0.1) is 23.8 Å². The molecule has 0 fully saturated rings. The van der Waals surface area contributed by atoms with Crippen molar-refractivity contribution in [3.63, 3.8) is 0 Å². The van der Waals surface area contributed by atoms with Crippen LogP contribution in [0, 0.1) is 19.9 Å². The molecule has 1 radical (unpaired) electrons. The van der Waals surface area contributed by atoms with Crippen LogP contribution in [0.3, 0.4) is 0 Å². The van der Waals surface area contributed by atoms with E-state index in [2.05, 4.69) is 90.1 Å². The Labute approximate surface area is 180 Å². The van der Waals surface area contributed by atoms with E-state index in [1.807, 2.05) is 0 Å². The molecule has 2 aromatic heterocycles. The number of imidazole rings is 1. The number of rotatable bonds is 0. The molecule has 0 saturated heterocycles. The Kier molecular flexibility index (Phi) is 4.97. The number of aromatic nitrogens is 3. The summed E-state index contributed by atoms with van der Waals surface area (Å²) in [5.41, 5.74) is 7.82. The summed E-state index contributed by atoms with van der Waals surface area (Å²) in [4.78, 5) is 10.1. The molecule has 0 atom stereocenters. The van der Waals surface area contributed by atoms with Crippen LogP contribution in [0.2, 0.25) is 0 Å². The van der Waals surface area contributed by atoms with Crippen molar-refractivity contribution in [2.45, 2.75) is 66.2 Å². The summed E-state index contributed by atoms with van der Waals surface area (Å²) < 4.78 is 2.23. The predicted octanol–water partition coefficient (Wildman–Crippen LogP) is 6.05. The van der Waals surface area contributed by atoms with Gasteiger partial charge in [-0.05, 0) is 48.0 Å². The van der Waals surface area contributed by atoms with E-state index in [0.717, 1.165) is 33.4 Å². The van der Waals surface area contributed by atoms with Crippen molar-refractivity contribution in [1.29, 1.82) is 0 Å². The molecular weight excluding hydrogens is 523 g/mol. The first-order valence-electron chi connectivity index (χ1n) is 9.62. The van der Waals surface area contributed by atoms with Crippen LogP contribution in [0.1, 0.15) is 64.1 Å². The van der Waals surface area contributed by atoms with Gasteiger partial charge in [0.25, 0.3) is 0 Å². The maximum absolute atomic E-state index is 5.11. The molecule has 3 nitrogen and oxygen atoms in total. The molecule has 4 heteroatoms. The summed E-state index contributed by atoms with van der Waals surface area (Å²) >= 11 is 0. The maximum Gasteiger partial charge on any atom is 0.102 e. The largest absolute Gasteiger partial charge is 0.321 e. The van der Waals surface area contributed by atoms with Crippen LogP contribution >= 0.6 is 0 Å². The van der Waals surface area contributed by atoms with E-state index in [9.17, 15) is 0 Å². The van der Waals surface area contributed by atoms with E-state index in [4.69, 9.17) is 9.97 Å². The number of hydrogen-bond donors (Lipinski definition) is 0.